The molecule has 112 valence electrons. The normalized spacial score (nSPS) is 10.3. The monoisotopic (exact) mass is 325 g/mol. The average molecular weight is 326 g/mol. The van der Waals surface area contributed by atoms with E-state index in [1.165, 1.54) is 0 Å². The maximum atomic E-state index is 6.15. The number of nitrogens with one attached hydrogen (secondary N) is 1. The molecule has 0 aliphatic heterocycles. The van der Waals surface area contributed by atoms with Crippen LogP contribution in [0.5, 0.6) is 11.5 Å². The lowest BCUT2D eigenvalue weighted by Gasteiger charge is -2.11. The van der Waals surface area contributed by atoms with Gasteiger partial charge >= 0.3 is 0 Å². The second-order valence-corrected chi connectivity index (χ2v) is 5.35. The first-order valence-corrected chi connectivity index (χ1v) is 7.32. The Kier molecular flexibility index (Phi) is 5.59. The molecule has 0 aliphatic rings. The minimum absolute atomic E-state index is 0.522. The summed E-state index contributed by atoms with van der Waals surface area (Å²) >= 11 is 12.2. The fourth-order valence-electron chi connectivity index (χ4n) is 1.81. The number of benzene rings is 2. The third kappa shape index (κ3) is 4.45. The van der Waals surface area contributed by atoms with Crippen LogP contribution in [-0.2, 0) is 0 Å². The predicted molar refractivity (Wildman–Crippen MR) is 88.2 cm³/mol. The van der Waals surface area contributed by atoms with Crippen molar-refractivity contribution in [3.63, 3.8) is 0 Å². The van der Waals surface area contributed by atoms with E-state index in [4.69, 9.17) is 32.7 Å². The zero-order valence-corrected chi connectivity index (χ0v) is 13.5. The van der Waals surface area contributed by atoms with Crippen LogP contribution >= 0.6 is 23.2 Å². The molecule has 0 radical (unpaired) electrons. The van der Waals surface area contributed by atoms with Crippen molar-refractivity contribution >= 4 is 28.9 Å². The number of halogens is 2. The van der Waals surface area contributed by atoms with Crippen LogP contribution in [0.4, 0.5) is 5.69 Å². The summed E-state index contributed by atoms with van der Waals surface area (Å²) in [6.07, 6.45) is 0. The first-order chi connectivity index (χ1) is 10.1. The van der Waals surface area contributed by atoms with Gasteiger partial charge in [-0.15, -0.1) is 0 Å². The Morgan fingerprint density at radius 3 is 2.33 bits per heavy atom. The first kappa shape index (κ1) is 15.8. The minimum Gasteiger partial charge on any atom is -0.497 e. The van der Waals surface area contributed by atoms with Gasteiger partial charge < -0.3 is 14.8 Å². The minimum atomic E-state index is 0.522. The van der Waals surface area contributed by atoms with E-state index in [9.17, 15) is 0 Å². The molecular formula is C16H17Cl2NO2. The van der Waals surface area contributed by atoms with Crippen molar-refractivity contribution in [3.8, 4) is 11.5 Å². The maximum Gasteiger partial charge on any atom is 0.119 e. The lowest BCUT2D eigenvalue weighted by Crippen LogP contribution is -2.11. The molecule has 0 atom stereocenters. The molecule has 0 heterocycles. The van der Waals surface area contributed by atoms with Gasteiger partial charge in [0.15, 0.2) is 0 Å². The summed E-state index contributed by atoms with van der Waals surface area (Å²) in [5, 5.41) is 4.55. The Labute approximate surface area is 134 Å². The summed E-state index contributed by atoms with van der Waals surface area (Å²) < 4.78 is 10.7. The molecule has 0 saturated carbocycles. The van der Waals surface area contributed by atoms with Gasteiger partial charge in [0, 0.05) is 11.6 Å². The molecule has 0 saturated heterocycles. The van der Waals surface area contributed by atoms with Crippen LogP contribution < -0.4 is 14.8 Å². The standard InChI is InChI=1S/C16H17Cl2NO2/c1-11-9-15(18)16(10-14(11)17)19-7-8-21-13-5-3-12(20-2)4-6-13/h3-6,9-10,19H,7-8H2,1-2H3. The van der Waals surface area contributed by atoms with Crippen LogP contribution in [0.15, 0.2) is 36.4 Å². The molecule has 0 aliphatic carbocycles. The van der Waals surface area contributed by atoms with E-state index in [2.05, 4.69) is 5.32 Å². The number of anilines is 1. The molecule has 2 aromatic carbocycles. The molecule has 0 aromatic heterocycles. The lowest BCUT2D eigenvalue weighted by molar-refractivity contribution is 0.332. The average Bonchev–Trinajstić information content (AvgIpc) is 2.49. The number of ether oxygens (including phenoxy) is 2. The lowest BCUT2D eigenvalue weighted by atomic mass is 10.2. The van der Waals surface area contributed by atoms with E-state index < -0.39 is 0 Å². The summed E-state index contributed by atoms with van der Waals surface area (Å²) in [5.41, 5.74) is 1.77. The Morgan fingerprint density at radius 2 is 1.67 bits per heavy atom. The van der Waals surface area contributed by atoms with Crippen molar-refractivity contribution < 1.29 is 9.47 Å². The Hall–Kier alpha value is -1.58. The van der Waals surface area contributed by atoms with Gasteiger partial charge in [0.05, 0.1) is 17.8 Å². The summed E-state index contributed by atoms with van der Waals surface area (Å²) in [7, 11) is 1.64. The molecular weight excluding hydrogens is 309 g/mol. The number of aryl methyl sites for hydroxylation is 1. The molecule has 0 spiro atoms. The van der Waals surface area contributed by atoms with Crippen LogP contribution in [-0.4, -0.2) is 20.3 Å². The Bertz CT molecular complexity index is 600. The maximum absolute atomic E-state index is 6.15. The fraction of sp³-hybridized carbons (Fsp3) is 0.250. The summed E-state index contributed by atoms with van der Waals surface area (Å²) in [4.78, 5) is 0. The third-order valence-corrected chi connectivity index (χ3v) is 3.71. The van der Waals surface area contributed by atoms with E-state index in [1.54, 1.807) is 7.11 Å². The zero-order valence-electron chi connectivity index (χ0n) is 12.0. The van der Waals surface area contributed by atoms with Gasteiger partial charge in [-0.25, -0.2) is 0 Å². The van der Waals surface area contributed by atoms with Crippen LogP contribution in [0.2, 0.25) is 10.0 Å². The highest BCUT2D eigenvalue weighted by Crippen LogP contribution is 2.28. The highest BCUT2D eigenvalue weighted by Gasteiger charge is 2.04. The third-order valence-electron chi connectivity index (χ3n) is 2.99. The van der Waals surface area contributed by atoms with Gasteiger partial charge in [-0.3, -0.25) is 0 Å². The molecule has 3 nitrogen and oxygen atoms in total. The van der Waals surface area contributed by atoms with Crippen LogP contribution in [0.1, 0.15) is 5.56 Å². The summed E-state index contributed by atoms with van der Waals surface area (Å²) in [6.45, 7) is 3.07. The largest absolute Gasteiger partial charge is 0.497 e. The molecule has 2 rings (SSSR count). The van der Waals surface area contributed by atoms with Crippen molar-refractivity contribution in [3.05, 3.63) is 52.0 Å². The first-order valence-electron chi connectivity index (χ1n) is 6.56. The van der Waals surface area contributed by atoms with E-state index in [1.807, 2.05) is 43.3 Å². The van der Waals surface area contributed by atoms with Crippen molar-refractivity contribution in [2.75, 3.05) is 25.6 Å². The summed E-state index contributed by atoms with van der Waals surface area (Å²) in [5.74, 6) is 1.60. The van der Waals surface area contributed by atoms with E-state index in [-0.39, 0.29) is 0 Å². The molecule has 2 aromatic rings. The quantitative estimate of drug-likeness (QED) is 0.774. The number of hydrogen-bond donors (Lipinski definition) is 1. The van der Waals surface area contributed by atoms with Crippen LogP contribution in [0.3, 0.4) is 0 Å². The van der Waals surface area contributed by atoms with E-state index in [0.29, 0.717) is 23.2 Å². The van der Waals surface area contributed by atoms with Gasteiger partial charge in [0.25, 0.3) is 0 Å². The van der Waals surface area contributed by atoms with Crippen molar-refractivity contribution in [1.29, 1.82) is 0 Å². The molecule has 1 N–H and O–H groups in total. The van der Waals surface area contributed by atoms with E-state index in [0.717, 1.165) is 22.7 Å². The van der Waals surface area contributed by atoms with Gasteiger partial charge in [-0.2, -0.15) is 0 Å². The van der Waals surface area contributed by atoms with E-state index >= 15 is 0 Å². The second kappa shape index (κ2) is 7.43. The van der Waals surface area contributed by atoms with Crippen LogP contribution in [0.25, 0.3) is 0 Å². The van der Waals surface area contributed by atoms with Gasteiger partial charge in [0.2, 0.25) is 0 Å². The van der Waals surface area contributed by atoms with Crippen molar-refractivity contribution in [2.45, 2.75) is 6.92 Å². The highest BCUT2D eigenvalue weighted by atomic mass is 35.5. The molecule has 0 amide bonds. The fourth-order valence-corrected chi connectivity index (χ4v) is 2.26. The molecule has 0 fully saturated rings. The van der Waals surface area contributed by atoms with Gasteiger partial charge in [-0.1, -0.05) is 23.2 Å². The summed E-state index contributed by atoms with van der Waals surface area (Å²) in [6, 6.07) is 11.1. The Morgan fingerprint density at radius 1 is 1.00 bits per heavy atom. The van der Waals surface area contributed by atoms with Gasteiger partial charge in [-0.05, 0) is 48.9 Å². The topological polar surface area (TPSA) is 30.5 Å². The van der Waals surface area contributed by atoms with Gasteiger partial charge in [0.1, 0.15) is 18.1 Å². The molecule has 0 unspecified atom stereocenters. The number of methoxy groups -OCH3 is 1. The molecule has 21 heavy (non-hydrogen) atoms. The van der Waals surface area contributed by atoms with Crippen molar-refractivity contribution in [1.82, 2.24) is 0 Å². The smallest absolute Gasteiger partial charge is 0.119 e. The van der Waals surface area contributed by atoms with Crippen molar-refractivity contribution in [2.24, 2.45) is 0 Å². The second-order valence-electron chi connectivity index (χ2n) is 4.53. The predicted octanol–water partition coefficient (Wildman–Crippen LogP) is 4.80. The highest BCUT2D eigenvalue weighted by molar-refractivity contribution is 6.35. The number of rotatable bonds is 6. The van der Waals surface area contributed by atoms with Crippen LogP contribution in [0, 0.1) is 6.92 Å². The Balaban J connectivity index is 1.83. The molecule has 5 heteroatoms. The molecule has 0 bridgehead atoms. The SMILES string of the molecule is COc1ccc(OCCNc2cc(Cl)c(C)cc2Cl)cc1. The zero-order chi connectivity index (χ0) is 15.2. The number of hydrogen-bond acceptors (Lipinski definition) is 3.